The molecule has 0 fully saturated rings. The standard InChI is InChI=1S/C18H16N2O3/c1-3-13-5-4-6-16(11-13)19-12-17(21)20-15-9-7-14(8-10-15)18(22)23-2/h1,4-11,19H,12H2,2H3,(H,20,21). The fraction of sp³-hybridized carbons (Fsp3) is 0.111. The highest BCUT2D eigenvalue weighted by molar-refractivity contribution is 5.95. The van der Waals surface area contributed by atoms with E-state index < -0.39 is 5.97 Å². The van der Waals surface area contributed by atoms with Crippen LogP contribution in [-0.2, 0) is 9.53 Å². The van der Waals surface area contributed by atoms with Crippen molar-refractivity contribution < 1.29 is 14.3 Å². The molecule has 0 aromatic heterocycles. The molecule has 0 atom stereocenters. The van der Waals surface area contributed by atoms with Gasteiger partial charge in [-0.15, -0.1) is 6.42 Å². The molecule has 2 aromatic rings. The van der Waals surface area contributed by atoms with Gasteiger partial charge in [0.2, 0.25) is 5.91 Å². The van der Waals surface area contributed by atoms with E-state index in [4.69, 9.17) is 6.42 Å². The fourth-order valence-electron chi connectivity index (χ4n) is 1.91. The average Bonchev–Trinajstić information content (AvgIpc) is 2.60. The molecule has 1 amide bonds. The number of amides is 1. The third-order valence-corrected chi connectivity index (χ3v) is 3.07. The number of carbonyl (C=O) groups excluding carboxylic acids is 2. The number of hydrogen-bond acceptors (Lipinski definition) is 4. The number of esters is 1. The van der Waals surface area contributed by atoms with Crippen LogP contribution in [0.4, 0.5) is 11.4 Å². The van der Waals surface area contributed by atoms with Crippen LogP contribution in [-0.4, -0.2) is 25.5 Å². The van der Waals surface area contributed by atoms with Crippen molar-refractivity contribution in [2.45, 2.75) is 0 Å². The molecule has 2 rings (SSSR count). The SMILES string of the molecule is C#Cc1cccc(NCC(=O)Nc2ccc(C(=O)OC)cc2)c1. The second-order valence-corrected chi connectivity index (χ2v) is 4.70. The first-order chi connectivity index (χ1) is 11.1. The number of nitrogens with one attached hydrogen (secondary N) is 2. The van der Waals surface area contributed by atoms with E-state index >= 15 is 0 Å². The Morgan fingerprint density at radius 3 is 2.52 bits per heavy atom. The zero-order valence-electron chi connectivity index (χ0n) is 12.6. The Kier molecular flexibility index (Phi) is 5.37. The zero-order chi connectivity index (χ0) is 16.7. The van der Waals surface area contributed by atoms with E-state index in [-0.39, 0.29) is 12.5 Å². The van der Waals surface area contributed by atoms with Gasteiger partial charge in [-0.1, -0.05) is 12.0 Å². The van der Waals surface area contributed by atoms with Gasteiger partial charge in [-0.05, 0) is 42.5 Å². The van der Waals surface area contributed by atoms with Crippen molar-refractivity contribution in [3.63, 3.8) is 0 Å². The number of hydrogen-bond donors (Lipinski definition) is 2. The molecule has 0 heterocycles. The second-order valence-electron chi connectivity index (χ2n) is 4.70. The van der Waals surface area contributed by atoms with E-state index in [0.717, 1.165) is 11.3 Å². The summed E-state index contributed by atoms with van der Waals surface area (Å²) in [6, 6.07) is 13.7. The molecular formula is C18H16N2O3. The van der Waals surface area contributed by atoms with Crippen molar-refractivity contribution in [3.05, 3.63) is 59.7 Å². The normalized spacial score (nSPS) is 9.57. The molecule has 0 aliphatic rings. The number of methoxy groups -OCH3 is 1. The Bertz CT molecular complexity index is 746. The van der Waals surface area contributed by atoms with Crippen molar-refractivity contribution >= 4 is 23.3 Å². The lowest BCUT2D eigenvalue weighted by Crippen LogP contribution is -2.21. The lowest BCUT2D eigenvalue weighted by atomic mass is 10.2. The molecule has 5 nitrogen and oxygen atoms in total. The van der Waals surface area contributed by atoms with Crippen molar-refractivity contribution in [2.75, 3.05) is 24.3 Å². The molecule has 0 radical (unpaired) electrons. The minimum absolute atomic E-state index is 0.104. The molecule has 0 aliphatic carbocycles. The highest BCUT2D eigenvalue weighted by atomic mass is 16.5. The highest BCUT2D eigenvalue weighted by Crippen LogP contribution is 2.11. The third-order valence-electron chi connectivity index (χ3n) is 3.07. The molecule has 2 N–H and O–H groups in total. The Labute approximate surface area is 134 Å². The largest absolute Gasteiger partial charge is 0.465 e. The maximum absolute atomic E-state index is 11.9. The van der Waals surface area contributed by atoms with Gasteiger partial charge in [-0.3, -0.25) is 4.79 Å². The summed E-state index contributed by atoms with van der Waals surface area (Å²) in [5, 5.41) is 5.73. The monoisotopic (exact) mass is 308 g/mol. The summed E-state index contributed by atoms with van der Waals surface area (Å²) in [4.78, 5) is 23.2. The predicted octanol–water partition coefficient (Wildman–Crippen LogP) is 2.51. The van der Waals surface area contributed by atoms with Crippen molar-refractivity contribution in [1.29, 1.82) is 0 Å². The van der Waals surface area contributed by atoms with Crippen LogP contribution in [0.1, 0.15) is 15.9 Å². The summed E-state index contributed by atoms with van der Waals surface area (Å²) >= 11 is 0. The molecule has 0 aliphatic heterocycles. The molecule has 116 valence electrons. The molecule has 0 bridgehead atoms. The minimum Gasteiger partial charge on any atom is -0.465 e. The quantitative estimate of drug-likeness (QED) is 0.658. The predicted molar refractivity (Wildman–Crippen MR) is 89.3 cm³/mol. The second kappa shape index (κ2) is 7.66. The molecule has 0 unspecified atom stereocenters. The van der Waals surface area contributed by atoms with Crippen LogP contribution in [0.2, 0.25) is 0 Å². The average molecular weight is 308 g/mol. The molecular weight excluding hydrogens is 292 g/mol. The Morgan fingerprint density at radius 2 is 1.87 bits per heavy atom. The Hall–Kier alpha value is -3.26. The van der Waals surface area contributed by atoms with E-state index in [1.165, 1.54) is 7.11 Å². The van der Waals surface area contributed by atoms with Crippen molar-refractivity contribution in [1.82, 2.24) is 0 Å². The maximum atomic E-state index is 11.9. The van der Waals surface area contributed by atoms with Gasteiger partial charge in [-0.2, -0.15) is 0 Å². The highest BCUT2D eigenvalue weighted by Gasteiger charge is 2.06. The van der Waals surface area contributed by atoms with Gasteiger partial charge in [0.25, 0.3) is 0 Å². The number of ether oxygens (including phenoxy) is 1. The van der Waals surface area contributed by atoms with Gasteiger partial charge in [0.1, 0.15) is 0 Å². The minimum atomic E-state index is -0.419. The van der Waals surface area contributed by atoms with Gasteiger partial charge >= 0.3 is 5.97 Å². The summed E-state index contributed by atoms with van der Waals surface area (Å²) < 4.78 is 4.61. The smallest absolute Gasteiger partial charge is 0.337 e. The van der Waals surface area contributed by atoms with Crippen LogP contribution in [0.25, 0.3) is 0 Å². The van der Waals surface area contributed by atoms with E-state index in [2.05, 4.69) is 21.3 Å². The van der Waals surface area contributed by atoms with Crippen LogP contribution in [0.3, 0.4) is 0 Å². The molecule has 5 heteroatoms. The first-order valence-electron chi connectivity index (χ1n) is 6.91. The van der Waals surface area contributed by atoms with Crippen LogP contribution in [0.5, 0.6) is 0 Å². The number of anilines is 2. The van der Waals surface area contributed by atoms with Gasteiger partial charge in [-0.25, -0.2) is 4.79 Å². The molecule has 0 saturated carbocycles. The topological polar surface area (TPSA) is 67.4 Å². The fourth-order valence-corrected chi connectivity index (χ4v) is 1.91. The molecule has 0 spiro atoms. The van der Waals surface area contributed by atoms with Crippen molar-refractivity contribution in [2.24, 2.45) is 0 Å². The van der Waals surface area contributed by atoms with Gasteiger partial charge in [0.05, 0.1) is 19.2 Å². The van der Waals surface area contributed by atoms with E-state index in [9.17, 15) is 9.59 Å². The first-order valence-corrected chi connectivity index (χ1v) is 6.91. The number of terminal acetylenes is 1. The van der Waals surface area contributed by atoms with E-state index in [1.54, 1.807) is 30.3 Å². The summed E-state index contributed by atoms with van der Waals surface area (Å²) in [5.41, 5.74) is 2.54. The van der Waals surface area contributed by atoms with Gasteiger partial charge in [0, 0.05) is 16.9 Å². The number of rotatable bonds is 5. The van der Waals surface area contributed by atoms with Crippen LogP contribution < -0.4 is 10.6 Å². The third kappa shape index (κ3) is 4.61. The number of benzene rings is 2. The zero-order valence-corrected chi connectivity index (χ0v) is 12.6. The lowest BCUT2D eigenvalue weighted by molar-refractivity contribution is -0.114. The first kappa shape index (κ1) is 16.1. The maximum Gasteiger partial charge on any atom is 0.337 e. The van der Waals surface area contributed by atoms with Crippen LogP contribution in [0.15, 0.2) is 48.5 Å². The Balaban J connectivity index is 1.89. The van der Waals surface area contributed by atoms with Gasteiger partial charge < -0.3 is 15.4 Å². The van der Waals surface area contributed by atoms with E-state index in [0.29, 0.717) is 11.3 Å². The summed E-state index contributed by atoms with van der Waals surface area (Å²) in [7, 11) is 1.32. The van der Waals surface area contributed by atoms with E-state index in [1.807, 2.05) is 18.2 Å². The van der Waals surface area contributed by atoms with Crippen LogP contribution in [0, 0.1) is 12.3 Å². The summed E-state index contributed by atoms with van der Waals surface area (Å²) in [6.45, 7) is 0.104. The summed E-state index contributed by atoms with van der Waals surface area (Å²) in [6.07, 6.45) is 5.33. The molecule has 0 saturated heterocycles. The summed E-state index contributed by atoms with van der Waals surface area (Å²) in [5.74, 6) is 1.91. The molecule has 2 aromatic carbocycles. The Morgan fingerprint density at radius 1 is 1.13 bits per heavy atom. The van der Waals surface area contributed by atoms with Crippen molar-refractivity contribution in [3.8, 4) is 12.3 Å². The number of carbonyl (C=O) groups is 2. The van der Waals surface area contributed by atoms with Crippen LogP contribution >= 0.6 is 0 Å². The van der Waals surface area contributed by atoms with Gasteiger partial charge in [0.15, 0.2) is 0 Å². The lowest BCUT2D eigenvalue weighted by Gasteiger charge is -2.08. The molecule has 23 heavy (non-hydrogen) atoms.